The van der Waals surface area contributed by atoms with Crippen LogP contribution in [-0.4, -0.2) is 42.2 Å². The fraction of sp³-hybridized carbons (Fsp3) is 0.571. The van der Waals surface area contributed by atoms with Crippen LogP contribution in [0.1, 0.15) is 36.0 Å². The molecule has 1 aliphatic carbocycles. The highest BCUT2D eigenvalue weighted by molar-refractivity contribution is 6.29. The maximum Gasteiger partial charge on any atom is 0.251 e. The van der Waals surface area contributed by atoms with Gasteiger partial charge in [0.15, 0.2) is 0 Å². The zero-order chi connectivity index (χ0) is 14.7. The molecule has 1 aliphatic rings. The fourth-order valence-electron chi connectivity index (χ4n) is 2.37. The third-order valence-electron chi connectivity index (χ3n) is 3.55. The van der Waals surface area contributed by atoms with Crippen molar-refractivity contribution in [3.05, 3.63) is 22.8 Å². The van der Waals surface area contributed by atoms with Gasteiger partial charge in [0.1, 0.15) is 11.0 Å². The van der Waals surface area contributed by atoms with Crippen molar-refractivity contribution in [3.63, 3.8) is 0 Å². The highest BCUT2D eigenvalue weighted by Gasteiger charge is 2.25. The summed E-state index contributed by atoms with van der Waals surface area (Å²) < 4.78 is 0. The summed E-state index contributed by atoms with van der Waals surface area (Å²) in [5, 5.41) is 13.1. The Balaban J connectivity index is 2.12. The number of amides is 1. The first-order chi connectivity index (χ1) is 9.47. The first-order valence-electron chi connectivity index (χ1n) is 6.81. The van der Waals surface area contributed by atoms with Gasteiger partial charge in [-0.25, -0.2) is 4.98 Å². The van der Waals surface area contributed by atoms with Crippen LogP contribution in [0.3, 0.4) is 0 Å². The van der Waals surface area contributed by atoms with E-state index in [0.717, 1.165) is 25.7 Å². The van der Waals surface area contributed by atoms with Crippen LogP contribution in [0.5, 0.6) is 0 Å². The molecule has 2 N–H and O–H groups in total. The standard InChI is InChI=1S/C14H20ClN3O2/c1-18(2)13-8-9(7-12(15)17-13)14(20)16-10-5-3-4-6-11(10)19/h7-8,10-11,19H,3-6H2,1-2H3,(H,16,20). The molecule has 110 valence electrons. The highest BCUT2D eigenvalue weighted by Crippen LogP contribution is 2.20. The Morgan fingerprint density at radius 3 is 2.75 bits per heavy atom. The molecule has 1 aromatic heterocycles. The molecular weight excluding hydrogens is 278 g/mol. The molecule has 0 aromatic carbocycles. The van der Waals surface area contributed by atoms with Gasteiger partial charge in [0.25, 0.3) is 5.91 Å². The van der Waals surface area contributed by atoms with Gasteiger partial charge in [-0.05, 0) is 25.0 Å². The molecule has 1 amide bonds. The predicted molar refractivity (Wildman–Crippen MR) is 79.3 cm³/mol. The summed E-state index contributed by atoms with van der Waals surface area (Å²) in [6, 6.07) is 3.06. The van der Waals surface area contributed by atoms with Gasteiger partial charge in [-0.3, -0.25) is 4.79 Å². The summed E-state index contributed by atoms with van der Waals surface area (Å²) in [5.74, 6) is 0.412. The third-order valence-corrected chi connectivity index (χ3v) is 3.74. The molecule has 1 aromatic rings. The Bertz CT molecular complexity index is 493. The van der Waals surface area contributed by atoms with Gasteiger partial charge >= 0.3 is 0 Å². The van der Waals surface area contributed by atoms with Crippen LogP contribution in [0.15, 0.2) is 12.1 Å². The topological polar surface area (TPSA) is 65.5 Å². The molecule has 0 bridgehead atoms. The lowest BCUT2D eigenvalue weighted by molar-refractivity contribution is 0.0717. The Hall–Kier alpha value is -1.33. The third kappa shape index (κ3) is 3.61. The molecule has 1 fully saturated rings. The zero-order valence-electron chi connectivity index (χ0n) is 11.8. The zero-order valence-corrected chi connectivity index (χ0v) is 12.5. The SMILES string of the molecule is CN(C)c1cc(C(=O)NC2CCCCC2O)cc(Cl)n1. The first kappa shape index (κ1) is 15.1. The predicted octanol–water partition coefficient (Wildman–Crippen LogP) is 1.83. The molecule has 6 heteroatoms. The summed E-state index contributed by atoms with van der Waals surface area (Å²) in [5.41, 5.74) is 0.464. The lowest BCUT2D eigenvalue weighted by Gasteiger charge is -2.28. The maximum atomic E-state index is 12.3. The Kier molecular flexibility index (Phi) is 4.83. The van der Waals surface area contributed by atoms with E-state index in [1.807, 2.05) is 14.1 Å². The van der Waals surface area contributed by atoms with Crippen LogP contribution in [-0.2, 0) is 0 Å². The van der Waals surface area contributed by atoms with Crippen LogP contribution < -0.4 is 10.2 Å². The average molecular weight is 298 g/mol. The number of aliphatic hydroxyl groups excluding tert-OH is 1. The molecule has 0 radical (unpaired) electrons. The van der Waals surface area contributed by atoms with E-state index in [0.29, 0.717) is 11.4 Å². The van der Waals surface area contributed by atoms with Crippen molar-refractivity contribution in [2.75, 3.05) is 19.0 Å². The fourth-order valence-corrected chi connectivity index (χ4v) is 2.58. The minimum absolute atomic E-state index is 0.175. The minimum atomic E-state index is -0.460. The summed E-state index contributed by atoms with van der Waals surface area (Å²) in [7, 11) is 3.68. The average Bonchev–Trinajstić information content (AvgIpc) is 2.40. The van der Waals surface area contributed by atoms with Crippen LogP contribution >= 0.6 is 11.6 Å². The number of pyridine rings is 1. The van der Waals surface area contributed by atoms with Crippen molar-refractivity contribution in [1.29, 1.82) is 0 Å². The van der Waals surface area contributed by atoms with Gasteiger partial charge in [0.05, 0.1) is 12.1 Å². The lowest BCUT2D eigenvalue weighted by Crippen LogP contribution is -2.45. The van der Waals surface area contributed by atoms with Crippen LogP contribution in [0.4, 0.5) is 5.82 Å². The van der Waals surface area contributed by atoms with E-state index >= 15 is 0 Å². The minimum Gasteiger partial charge on any atom is -0.391 e. The number of aromatic nitrogens is 1. The number of nitrogens with one attached hydrogen (secondary N) is 1. The van der Waals surface area contributed by atoms with E-state index in [1.165, 1.54) is 0 Å². The first-order valence-corrected chi connectivity index (χ1v) is 7.19. The van der Waals surface area contributed by atoms with Crippen molar-refractivity contribution in [3.8, 4) is 0 Å². The van der Waals surface area contributed by atoms with E-state index in [1.54, 1.807) is 17.0 Å². The Labute approximate surface area is 123 Å². The highest BCUT2D eigenvalue weighted by atomic mass is 35.5. The number of rotatable bonds is 3. The van der Waals surface area contributed by atoms with Crippen LogP contribution in [0.25, 0.3) is 0 Å². The van der Waals surface area contributed by atoms with Gasteiger partial charge in [-0.15, -0.1) is 0 Å². The molecule has 1 saturated carbocycles. The molecule has 20 heavy (non-hydrogen) atoms. The van der Waals surface area contributed by atoms with Crippen LogP contribution in [0.2, 0.25) is 5.15 Å². The van der Waals surface area contributed by atoms with E-state index in [2.05, 4.69) is 10.3 Å². The summed E-state index contributed by atoms with van der Waals surface area (Å²) in [6.45, 7) is 0. The van der Waals surface area contributed by atoms with Crippen molar-refractivity contribution in [2.24, 2.45) is 0 Å². The van der Waals surface area contributed by atoms with Crippen molar-refractivity contribution < 1.29 is 9.90 Å². The summed E-state index contributed by atoms with van der Waals surface area (Å²) in [4.78, 5) is 18.2. The largest absolute Gasteiger partial charge is 0.391 e. The number of carbonyl (C=O) groups is 1. The number of hydrogen-bond donors (Lipinski definition) is 2. The van der Waals surface area contributed by atoms with Crippen molar-refractivity contribution in [1.82, 2.24) is 10.3 Å². The molecular formula is C14H20ClN3O2. The molecule has 1 heterocycles. The molecule has 0 spiro atoms. The van der Waals surface area contributed by atoms with E-state index < -0.39 is 6.10 Å². The van der Waals surface area contributed by atoms with Crippen LogP contribution in [0, 0.1) is 0 Å². The van der Waals surface area contributed by atoms with Gasteiger partial charge in [-0.2, -0.15) is 0 Å². The van der Waals surface area contributed by atoms with E-state index in [9.17, 15) is 9.90 Å². The van der Waals surface area contributed by atoms with Gasteiger partial charge in [0, 0.05) is 19.7 Å². The Morgan fingerprint density at radius 2 is 2.10 bits per heavy atom. The van der Waals surface area contributed by atoms with E-state index in [4.69, 9.17) is 11.6 Å². The van der Waals surface area contributed by atoms with Crippen molar-refractivity contribution >= 4 is 23.3 Å². The van der Waals surface area contributed by atoms with Gasteiger partial charge < -0.3 is 15.3 Å². The van der Waals surface area contributed by atoms with Gasteiger partial charge in [0.2, 0.25) is 0 Å². The summed E-state index contributed by atoms with van der Waals surface area (Å²) in [6.07, 6.45) is 3.14. The quantitative estimate of drug-likeness (QED) is 0.836. The number of halogens is 1. The number of aliphatic hydroxyl groups is 1. The maximum absolute atomic E-state index is 12.3. The second-order valence-electron chi connectivity index (χ2n) is 5.36. The van der Waals surface area contributed by atoms with Crippen molar-refractivity contribution in [2.45, 2.75) is 37.8 Å². The lowest BCUT2D eigenvalue weighted by atomic mass is 9.92. The number of carbonyl (C=O) groups excluding carboxylic acids is 1. The van der Waals surface area contributed by atoms with E-state index in [-0.39, 0.29) is 17.1 Å². The monoisotopic (exact) mass is 297 g/mol. The summed E-state index contributed by atoms with van der Waals surface area (Å²) >= 11 is 5.94. The molecule has 0 aliphatic heterocycles. The second-order valence-corrected chi connectivity index (χ2v) is 5.75. The molecule has 0 saturated heterocycles. The Morgan fingerprint density at radius 1 is 1.40 bits per heavy atom. The molecule has 5 nitrogen and oxygen atoms in total. The number of anilines is 1. The molecule has 2 rings (SSSR count). The molecule has 2 unspecified atom stereocenters. The second kappa shape index (κ2) is 6.41. The number of nitrogens with zero attached hydrogens (tertiary/aromatic N) is 2. The smallest absolute Gasteiger partial charge is 0.251 e. The normalized spacial score (nSPS) is 22.4. The number of hydrogen-bond acceptors (Lipinski definition) is 4. The molecule has 2 atom stereocenters. The van der Waals surface area contributed by atoms with Gasteiger partial charge in [-0.1, -0.05) is 24.4 Å².